The molecule has 8 nitrogen and oxygen atoms in total. The topological polar surface area (TPSA) is 139 Å². The van der Waals surface area contributed by atoms with Crippen molar-refractivity contribution < 1.29 is 28.7 Å². The van der Waals surface area contributed by atoms with Gasteiger partial charge in [0.05, 0.1) is 13.2 Å². The average Bonchev–Trinajstić information content (AvgIpc) is 2.29. The smallest absolute Gasteiger partial charge is 0.343 e. The van der Waals surface area contributed by atoms with Crippen molar-refractivity contribution in [2.45, 2.75) is 13.8 Å². The lowest BCUT2D eigenvalue weighted by molar-refractivity contribution is -0.149. The van der Waals surface area contributed by atoms with Crippen molar-refractivity contribution in [1.82, 2.24) is 0 Å². The van der Waals surface area contributed by atoms with Crippen LogP contribution in [-0.4, -0.2) is 37.0 Å². The molecule has 8 heteroatoms. The van der Waals surface area contributed by atoms with E-state index in [1.54, 1.807) is 0 Å². The van der Waals surface area contributed by atoms with E-state index in [9.17, 15) is 19.2 Å². The van der Waals surface area contributed by atoms with Gasteiger partial charge < -0.3 is 20.9 Å². The zero-order chi connectivity index (χ0) is 15.0. The van der Waals surface area contributed by atoms with Gasteiger partial charge in [-0.05, 0) is 19.9 Å². The van der Waals surface area contributed by atoms with Crippen molar-refractivity contribution in [2.75, 3.05) is 13.2 Å². The first-order valence-electron chi connectivity index (χ1n) is 5.49. The van der Waals surface area contributed by atoms with E-state index in [1.165, 1.54) is 13.8 Å². The van der Waals surface area contributed by atoms with Crippen molar-refractivity contribution in [1.29, 1.82) is 0 Å². The predicted octanol–water partition coefficient (Wildman–Crippen LogP) is -1.37. The highest BCUT2D eigenvalue weighted by molar-refractivity contribution is 6.17. The van der Waals surface area contributed by atoms with E-state index in [0.717, 1.165) is 6.08 Å². The molecule has 0 saturated heterocycles. The zero-order valence-corrected chi connectivity index (χ0v) is 10.7. The number of ether oxygens (including phenoxy) is 2. The summed E-state index contributed by atoms with van der Waals surface area (Å²) in [5.74, 6) is -5.79. The molecule has 0 radical (unpaired) electrons. The number of amides is 2. The number of hydrogen-bond donors (Lipinski definition) is 2. The molecule has 0 aliphatic heterocycles. The molecule has 0 rings (SSSR count). The summed E-state index contributed by atoms with van der Waals surface area (Å²) >= 11 is 0. The van der Waals surface area contributed by atoms with Crippen LogP contribution in [0.5, 0.6) is 0 Å². The van der Waals surface area contributed by atoms with Crippen LogP contribution in [0.2, 0.25) is 0 Å². The second kappa shape index (κ2) is 7.85. The number of hydrogen-bond acceptors (Lipinski definition) is 6. The molecule has 2 amide bonds. The van der Waals surface area contributed by atoms with Gasteiger partial charge in [-0.25, -0.2) is 4.79 Å². The van der Waals surface area contributed by atoms with Gasteiger partial charge in [-0.2, -0.15) is 0 Å². The van der Waals surface area contributed by atoms with E-state index in [2.05, 4.69) is 9.47 Å². The maximum atomic E-state index is 11.5. The molecule has 0 aromatic rings. The van der Waals surface area contributed by atoms with Gasteiger partial charge in [-0.15, -0.1) is 0 Å². The van der Waals surface area contributed by atoms with Crippen molar-refractivity contribution >= 4 is 23.8 Å². The van der Waals surface area contributed by atoms with Crippen molar-refractivity contribution in [2.24, 2.45) is 17.4 Å². The lowest BCUT2D eigenvalue weighted by Gasteiger charge is -2.09. The third-order valence-electron chi connectivity index (χ3n) is 1.94. The Balaban J connectivity index is 5.35. The number of esters is 2. The fourth-order valence-corrected chi connectivity index (χ4v) is 1.12. The molecule has 1 unspecified atom stereocenters. The molecular formula is C11H16N2O6. The summed E-state index contributed by atoms with van der Waals surface area (Å²) in [6.07, 6.45) is 0.751. The Bertz CT molecular complexity index is 415. The quantitative estimate of drug-likeness (QED) is 0.253. The third kappa shape index (κ3) is 5.19. The second-order valence-corrected chi connectivity index (χ2v) is 3.30. The number of carbonyl (C=O) groups is 4. The molecule has 1 atom stereocenters. The highest BCUT2D eigenvalue weighted by Crippen LogP contribution is 2.08. The molecule has 0 heterocycles. The SMILES string of the molecule is CCOC(=O)/C(=C\C(C(N)=O)C(=O)OCC)C(N)=O. The van der Waals surface area contributed by atoms with Crippen molar-refractivity contribution in [3.63, 3.8) is 0 Å². The van der Waals surface area contributed by atoms with Crippen LogP contribution >= 0.6 is 0 Å². The van der Waals surface area contributed by atoms with Crippen LogP contribution in [0.15, 0.2) is 11.6 Å². The molecule has 4 N–H and O–H groups in total. The van der Waals surface area contributed by atoms with E-state index < -0.39 is 35.2 Å². The van der Waals surface area contributed by atoms with Crippen molar-refractivity contribution in [3.8, 4) is 0 Å². The first kappa shape index (κ1) is 16.6. The van der Waals surface area contributed by atoms with E-state index in [0.29, 0.717) is 0 Å². The Kier molecular flexibility index (Phi) is 6.87. The van der Waals surface area contributed by atoms with Gasteiger partial charge in [-0.1, -0.05) is 0 Å². The minimum Gasteiger partial charge on any atom is -0.465 e. The summed E-state index contributed by atoms with van der Waals surface area (Å²) in [7, 11) is 0. The number of primary amides is 2. The van der Waals surface area contributed by atoms with Crippen LogP contribution in [0.25, 0.3) is 0 Å². The van der Waals surface area contributed by atoms with E-state index in [4.69, 9.17) is 11.5 Å². The molecule has 0 aliphatic carbocycles. The molecule has 0 bridgehead atoms. The Hall–Kier alpha value is -2.38. The van der Waals surface area contributed by atoms with Gasteiger partial charge in [-0.3, -0.25) is 14.4 Å². The highest BCUT2D eigenvalue weighted by Gasteiger charge is 2.28. The largest absolute Gasteiger partial charge is 0.465 e. The summed E-state index contributed by atoms with van der Waals surface area (Å²) < 4.78 is 9.17. The molecule has 0 aromatic heterocycles. The molecule has 0 fully saturated rings. The summed E-state index contributed by atoms with van der Waals surface area (Å²) in [4.78, 5) is 45.1. The van der Waals surface area contributed by atoms with Crippen molar-refractivity contribution in [3.05, 3.63) is 11.6 Å². The monoisotopic (exact) mass is 272 g/mol. The van der Waals surface area contributed by atoms with Crippen LogP contribution in [0.3, 0.4) is 0 Å². The average molecular weight is 272 g/mol. The van der Waals surface area contributed by atoms with Crippen LogP contribution in [-0.2, 0) is 28.7 Å². The summed E-state index contributed by atoms with van der Waals surface area (Å²) in [5, 5.41) is 0. The fraction of sp³-hybridized carbons (Fsp3) is 0.455. The lowest BCUT2D eigenvalue weighted by atomic mass is 10.0. The minimum atomic E-state index is -1.58. The number of rotatable bonds is 7. The Labute approximate surface area is 109 Å². The predicted molar refractivity (Wildman–Crippen MR) is 63.2 cm³/mol. The highest BCUT2D eigenvalue weighted by atomic mass is 16.5. The van der Waals surface area contributed by atoms with Gasteiger partial charge in [0.15, 0.2) is 5.92 Å². The maximum absolute atomic E-state index is 11.5. The molecule has 0 saturated carbocycles. The molecule has 0 spiro atoms. The van der Waals surface area contributed by atoms with Gasteiger partial charge in [0.1, 0.15) is 5.57 Å². The van der Waals surface area contributed by atoms with Gasteiger partial charge >= 0.3 is 11.9 Å². The number of nitrogens with two attached hydrogens (primary N) is 2. The summed E-state index contributed by atoms with van der Waals surface area (Å²) in [6, 6.07) is 0. The standard InChI is InChI=1S/C11H16N2O6/c1-3-18-10(16)6(8(12)14)5-7(9(13)15)11(17)19-4-2/h5-6H,3-4H2,1-2H3,(H2,12,14)(H2,13,15)/b7-5-. The fourth-order valence-electron chi connectivity index (χ4n) is 1.12. The maximum Gasteiger partial charge on any atom is 0.343 e. The first-order valence-corrected chi connectivity index (χ1v) is 5.49. The Morgan fingerprint density at radius 3 is 1.95 bits per heavy atom. The number of carbonyl (C=O) groups excluding carboxylic acids is 4. The van der Waals surface area contributed by atoms with Gasteiger partial charge in [0.2, 0.25) is 5.91 Å². The molecule has 106 valence electrons. The van der Waals surface area contributed by atoms with E-state index in [1.807, 2.05) is 0 Å². The van der Waals surface area contributed by atoms with Crippen LogP contribution in [0.1, 0.15) is 13.8 Å². The summed E-state index contributed by atoms with van der Waals surface area (Å²) in [5.41, 5.74) is 9.35. The first-order chi connectivity index (χ1) is 8.84. The minimum absolute atomic E-state index is 0.00407. The van der Waals surface area contributed by atoms with Crippen LogP contribution in [0, 0.1) is 5.92 Å². The molecule has 0 aliphatic rings. The zero-order valence-electron chi connectivity index (χ0n) is 10.7. The van der Waals surface area contributed by atoms with Crippen LogP contribution < -0.4 is 11.5 Å². The van der Waals surface area contributed by atoms with Gasteiger partial charge in [0, 0.05) is 0 Å². The third-order valence-corrected chi connectivity index (χ3v) is 1.94. The molecule has 0 aromatic carbocycles. The Morgan fingerprint density at radius 1 is 1.05 bits per heavy atom. The lowest BCUT2D eigenvalue weighted by Crippen LogP contribution is -2.33. The summed E-state index contributed by atoms with van der Waals surface area (Å²) in [6.45, 7) is 3.07. The second-order valence-electron chi connectivity index (χ2n) is 3.30. The van der Waals surface area contributed by atoms with Gasteiger partial charge in [0.25, 0.3) is 5.91 Å². The van der Waals surface area contributed by atoms with E-state index >= 15 is 0 Å². The van der Waals surface area contributed by atoms with Crippen LogP contribution in [0.4, 0.5) is 0 Å². The molecular weight excluding hydrogens is 256 g/mol. The normalized spacial score (nSPS) is 12.4. The Morgan fingerprint density at radius 2 is 1.58 bits per heavy atom. The molecule has 19 heavy (non-hydrogen) atoms. The van der Waals surface area contributed by atoms with E-state index in [-0.39, 0.29) is 13.2 Å².